The molecule has 0 aromatic heterocycles. The fourth-order valence-electron chi connectivity index (χ4n) is 2.64. The van der Waals surface area contributed by atoms with Crippen LogP contribution in [0.5, 0.6) is 0 Å². The molecular weight excluding hydrogens is 253 g/mol. The molecule has 0 heterocycles. The van der Waals surface area contributed by atoms with Crippen molar-refractivity contribution in [1.29, 1.82) is 0 Å². The maximum atomic E-state index is 13.7. The quantitative estimate of drug-likeness (QED) is 0.654. The third kappa shape index (κ3) is 2.94. The fourth-order valence-corrected chi connectivity index (χ4v) is 2.64. The molecule has 0 amide bonds. The van der Waals surface area contributed by atoms with Crippen LogP contribution in [0.1, 0.15) is 38.2 Å². The lowest BCUT2D eigenvalue weighted by molar-refractivity contribution is 0.607. The van der Waals surface area contributed by atoms with Crippen molar-refractivity contribution >= 4 is 5.96 Å². The molecule has 1 aromatic rings. The number of aliphatic imine (C=N–C) groups is 1. The first-order valence-electron chi connectivity index (χ1n) is 7.51. The molecule has 0 spiro atoms. The van der Waals surface area contributed by atoms with Gasteiger partial charge in [-0.25, -0.2) is 4.39 Å². The first-order valence-corrected chi connectivity index (χ1v) is 7.51. The largest absolute Gasteiger partial charge is 0.353 e. The average molecular weight is 275 g/mol. The van der Waals surface area contributed by atoms with Crippen LogP contribution in [0.4, 0.5) is 4.39 Å². The van der Waals surface area contributed by atoms with Gasteiger partial charge < -0.3 is 10.6 Å². The van der Waals surface area contributed by atoms with Gasteiger partial charge in [0, 0.05) is 24.5 Å². The van der Waals surface area contributed by atoms with Crippen molar-refractivity contribution in [2.24, 2.45) is 10.9 Å². The molecule has 2 aliphatic carbocycles. The topological polar surface area (TPSA) is 36.4 Å². The summed E-state index contributed by atoms with van der Waals surface area (Å²) in [6.07, 6.45) is 2.19. The number of rotatable bonds is 4. The third-order valence-electron chi connectivity index (χ3n) is 4.17. The molecule has 108 valence electrons. The molecule has 4 atom stereocenters. The Morgan fingerprint density at radius 2 is 1.95 bits per heavy atom. The molecule has 2 saturated carbocycles. The van der Waals surface area contributed by atoms with E-state index < -0.39 is 0 Å². The van der Waals surface area contributed by atoms with E-state index in [1.165, 1.54) is 12.5 Å². The number of halogens is 1. The van der Waals surface area contributed by atoms with Crippen LogP contribution in [-0.2, 0) is 0 Å². The summed E-state index contributed by atoms with van der Waals surface area (Å²) in [5.74, 6) is 1.79. The summed E-state index contributed by atoms with van der Waals surface area (Å²) < 4.78 is 13.7. The summed E-state index contributed by atoms with van der Waals surface area (Å²) in [4.78, 5) is 4.47. The number of hydrogen-bond acceptors (Lipinski definition) is 1. The lowest BCUT2D eigenvalue weighted by Gasteiger charge is -2.12. The van der Waals surface area contributed by atoms with Gasteiger partial charge in [-0.2, -0.15) is 0 Å². The molecular formula is C16H22FN3. The van der Waals surface area contributed by atoms with Gasteiger partial charge in [-0.15, -0.1) is 0 Å². The molecule has 2 N–H and O–H groups in total. The molecule has 3 nitrogen and oxygen atoms in total. The molecule has 20 heavy (non-hydrogen) atoms. The molecule has 2 aliphatic rings. The van der Waals surface area contributed by atoms with Crippen LogP contribution in [0.15, 0.2) is 29.3 Å². The van der Waals surface area contributed by atoms with Crippen LogP contribution in [0.25, 0.3) is 0 Å². The zero-order valence-corrected chi connectivity index (χ0v) is 12.1. The summed E-state index contributed by atoms with van der Waals surface area (Å²) >= 11 is 0. The Hall–Kier alpha value is -1.58. The highest BCUT2D eigenvalue weighted by Crippen LogP contribution is 2.41. The molecule has 0 aliphatic heterocycles. The highest BCUT2D eigenvalue weighted by Gasteiger charge is 2.41. The summed E-state index contributed by atoms with van der Waals surface area (Å²) in [5, 5.41) is 6.88. The minimum atomic E-state index is -0.0976. The molecule has 4 heteroatoms. The second kappa shape index (κ2) is 5.43. The van der Waals surface area contributed by atoms with E-state index in [0.717, 1.165) is 30.4 Å². The monoisotopic (exact) mass is 275 g/mol. The Morgan fingerprint density at radius 3 is 2.60 bits per heavy atom. The van der Waals surface area contributed by atoms with Crippen molar-refractivity contribution in [3.8, 4) is 0 Å². The summed E-state index contributed by atoms with van der Waals surface area (Å²) in [6.45, 7) is 5.02. The summed E-state index contributed by atoms with van der Waals surface area (Å²) in [7, 11) is 0. The van der Waals surface area contributed by atoms with Gasteiger partial charge in [0.2, 0.25) is 0 Å². The van der Waals surface area contributed by atoms with Crippen molar-refractivity contribution < 1.29 is 4.39 Å². The third-order valence-corrected chi connectivity index (χ3v) is 4.17. The van der Waals surface area contributed by atoms with E-state index in [-0.39, 0.29) is 11.7 Å². The average Bonchev–Trinajstić information content (AvgIpc) is 3.31. The van der Waals surface area contributed by atoms with Crippen molar-refractivity contribution in [2.45, 2.75) is 44.7 Å². The van der Waals surface area contributed by atoms with Gasteiger partial charge >= 0.3 is 0 Å². The van der Waals surface area contributed by atoms with Crippen molar-refractivity contribution in [3.05, 3.63) is 35.6 Å². The summed E-state index contributed by atoms with van der Waals surface area (Å²) in [6, 6.07) is 7.92. The van der Waals surface area contributed by atoms with E-state index in [1.807, 2.05) is 19.1 Å². The Bertz CT molecular complexity index is 514. The maximum Gasteiger partial charge on any atom is 0.191 e. The predicted octanol–water partition coefficient (Wildman–Crippen LogP) is 2.65. The first-order chi connectivity index (χ1) is 9.69. The zero-order chi connectivity index (χ0) is 14.1. The Balaban J connectivity index is 1.58. The van der Waals surface area contributed by atoms with Gasteiger partial charge in [-0.05, 0) is 37.3 Å². The van der Waals surface area contributed by atoms with Crippen LogP contribution < -0.4 is 10.6 Å². The summed E-state index contributed by atoms with van der Waals surface area (Å²) in [5.41, 5.74) is 0.820. The lowest BCUT2D eigenvalue weighted by atomic mass is 10.1. The first kappa shape index (κ1) is 13.4. The van der Waals surface area contributed by atoms with E-state index in [2.05, 4.69) is 22.5 Å². The number of nitrogens with zero attached hydrogens (tertiary/aromatic N) is 1. The molecule has 3 rings (SSSR count). The Kier molecular flexibility index (Phi) is 3.64. The molecule has 1 aromatic carbocycles. The minimum Gasteiger partial charge on any atom is -0.353 e. The normalized spacial score (nSPS) is 31.9. The van der Waals surface area contributed by atoms with Gasteiger partial charge in [-0.3, -0.25) is 4.99 Å². The molecule has 2 fully saturated rings. The van der Waals surface area contributed by atoms with Crippen LogP contribution >= 0.6 is 0 Å². The van der Waals surface area contributed by atoms with E-state index in [0.29, 0.717) is 12.1 Å². The zero-order valence-electron chi connectivity index (χ0n) is 12.1. The number of nitrogens with one attached hydrogen (secondary N) is 2. The highest BCUT2D eigenvalue weighted by molar-refractivity contribution is 5.81. The van der Waals surface area contributed by atoms with E-state index in [9.17, 15) is 4.39 Å². The maximum absolute atomic E-state index is 13.7. The van der Waals surface area contributed by atoms with Crippen molar-refractivity contribution in [2.75, 3.05) is 6.54 Å². The molecule has 0 radical (unpaired) electrons. The van der Waals surface area contributed by atoms with Crippen LogP contribution in [0, 0.1) is 11.7 Å². The Labute approximate surface area is 119 Å². The number of hydrogen-bond donors (Lipinski definition) is 2. The number of benzene rings is 1. The highest BCUT2D eigenvalue weighted by atomic mass is 19.1. The minimum absolute atomic E-state index is 0.0976. The standard InChI is InChI=1S/C16H22FN3/c1-3-18-16(19-14-8-10(14)2)20-15-9-12(15)11-6-4-5-7-13(11)17/h4-7,10,12,14-15H,3,8-9H2,1-2H3,(H2,18,19,20). The van der Waals surface area contributed by atoms with Crippen molar-refractivity contribution in [3.63, 3.8) is 0 Å². The fraction of sp³-hybridized carbons (Fsp3) is 0.562. The van der Waals surface area contributed by atoms with Gasteiger partial charge in [0.25, 0.3) is 0 Å². The second-order valence-electron chi connectivity index (χ2n) is 5.90. The van der Waals surface area contributed by atoms with E-state index in [1.54, 1.807) is 6.07 Å². The Morgan fingerprint density at radius 1 is 1.25 bits per heavy atom. The van der Waals surface area contributed by atoms with Crippen LogP contribution in [0.3, 0.4) is 0 Å². The smallest absolute Gasteiger partial charge is 0.191 e. The molecule has 0 saturated heterocycles. The predicted molar refractivity (Wildman–Crippen MR) is 79.4 cm³/mol. The van der Waals surface area contributed by atoms with E-state index in [4.69, 9.17) is 0 Å². The number of guanidine groups is 1. The second-order valence-corrected chi connectivity index (χ2v) is 5.90. The van der Waals surface area contributed by atoms with Gasteiger partial charge in [-0.1, -0.05) is 25.1 Å². The molecule has 4 unspecified atom stereocenters. The van der Waals surface area contributed by atoms with E-state index >= 15 is 0 Å². The molecule has 0 bridgehead atoms. The van der Waals surface area contributed by atoms with Crippen LogP contribution in [-0.4, -0.2) is 24.6 Å². The SMILES string of the molecule is CCN=C(NC1CC1C)NC1CC1c1ccccc1F. The van der Waals surface area contributed by atoms with Gasteiger partial charge in [0.15, 0.2) is 5.96 Å². The lowest BCUT2D eigenvalue weighted by Crippen LogP contribution is -2.40. The van der Waals surface area contributed by atoms with Gasteiger partial charge in [0.05, 0.1) is 0 Å². The van der Waals surface area contributed by atoms with Gasteiger partial charge in [0.1, 0.15) is 5.82 Å². The van der Waals surface area contributed by atoms with Crippen molar-refractivity contribution in [1.82, 2.24) is 10.6 Å². The van der Waals surface area contributed by atoms with Crippen LogP contribution in [0.2, 0.25) is 0 Å².